The zero-order chi connectivity index (χ0) is 29.2. The lowest BCUT2D eigenvalue weighted by atomic mass is 10.0. The van der Waals surface area contributed by atoms with Gasteiger partial charge in [0.1, 0.15) is 0 Å². The standard InChI is InChI=1S/C28H28F2IN3O5S/c1-3-13-40(38,39)20-6-4-5-19(15-20)33-9-11-34(12-10-33)27(35)21-16-22(28(36)37)26(25(30)24(21)29)32-23-8-7-18(31)14-17(23)2/h4-8,14-16,32H,3,9-13H2,1-2H3,(H,36,37). The van der Waals surface area contributed by atoms with Crippen molar-refractivity contribution in [2.45, 2.75) is 25.2 Å². The first-order valence-corrected chi connectivity index (χ1v) is 15.3. The maximum Gasteiger partial charge on any atom is 0.337 e. The number of benzene rings is 3. The van der Waals surface area contributed by atoms with Gasteiger partial charge in [0.05, 0.1) is 27.5 Å². The molecule has 0 bridgehead atoms. The number of sulfone groups is 1. The second-order valence-electron chi connectivity index (χ2n) is 9.46. The lowest BCUT2D eigenvalue weighted by Crippen LogP contribution is -2.49. The summed E-state index contributed by atoms with van der Waals surface area (Å²) in [5.41, 5.74) is -0.00746. The van der Waals surface area contributed by atoms with Gasteiger partial charge in [0, 0.05) is 41.1 Å². The molecule has 0 radical (unpaired) electrons. The Kier molecular flexibility index (Phi) is 8.98. The third-order valence-corrected chi connectivity index (χ3v) is 9.29. The van der Waals surface area contributed by atoms with Crippen LogP contribution in [0.2, 0.25) is 0 Å². The van der Waals surface area contributed by atoms with E-state index in [4.69, 9.17) is 0 Å². The maximum absolute atomic E-state index is 15.2. The molecule has 0 aromatic heterocycles. The van der Waals surface area contributed by atoms with Gasteiger partial charge in [-0.15, -0.1) is 0 Å². The monoisotopic (exact) mass is 683 g/mol. The smallest absolute Gasteiger partial charge is 0.337 e. The Morgan fingerprint density at radius 1 is 1.00 bits per heavy atom. The van der Waals surface area contributed by atoms with Crippen molar-refractivity contribution in [1.82, 2.24) is 4.90 Å². The molecule has 0 aliphatic carbocycles. The minimum atomic E-state index is -3.40. The molecule has 1 aliphatic rings. The minimum Gasteiger partial charge on any atom is -0.478 e. The average molecular weight is 684 g/mol. The van der Waals surface area contributed by atoms with E-state index in [0.717, 1.165) is 9.64 Å². The summed E-state index contributed by atoms with van der Waals surface area (Å²) in [5, 5.41) is 12.4. The summed E-state index contributed by atoms with van der Waals surface area (Å²) in [4.78, 5) is 28.7. The van der Waals surface area contributed by atoms with Crippen molar-refractivity contribution in [3.63, 3.8) is 0 Å². The van der Waals surface area contributed by atoms with Gasteiger partial charge in [-0.05, 0) is 84.0 Å². The number of hydrogen-bond acceptors (Lipinski definition) is 6. The van der Waals surface area contributed by atoms with E-state index in [0.29, 0.717) is 36.4 Å². The number of hydrogen-bond donors (Lipinski definition) is 2. The SMILES string of the molecule is CCCS(=O)(=O)c1cccc(N2CCN(C(=O)c3cc(C(=O)O)c(Nc4ccc(I)cc4C)c(F)c3F)CC2)c1. The maximum atomic E-state index is 15.2. The summed E-state index contributed by atoms with van der Waals surface area (Å²) in [6.07, 6.45) is 0.496. The first kappa shape index (κ1) is 29.7. The highest BCUT2D eigenvalue weighted by Gasteiger charge is 2.30. The van der Waals surface area contributed by atoms with Gasteiger partial charge in [0.15, 0.2) is 21.5 Å². The number of nitrogens with one attached hydrogen (secondary N) is 1. The van der Waals surface area contributed by atoms with Crippen LogP contribution in [0.25, 0.3) is 0 Å². The Labute approximate surface area is 245 Å². The topological polar surface area (TPSA) is 107 Å². The number of nitrogens with zero attached hydrogens (tertiary/aromatic N) is 2. The molecule has 3 aromatic carbocycles. The number of amides is 1. The third kappa shape index (κ3) is 6.22. The van der Waals surface area contributed by atoms with E-state index in [2.05, 4.69) is 27.9 Å². The normalized spacial score (nSPS) is 13.8. The molecule has 8 nitrogen and oxygen atoms in total. The number of piperazine rings is 1. The molecule has 4 rings (SSSR count). The highest BCUT2D eigenvalue weighted by Crippen LogP contribution is 2.32. The molecule has 12 heteroatoms. The summed E-state index contributed by atoms with van der Waals surface area (Å²) in [5.74, 6) is -5.18. The molecule has 0 saturated carbocycles. The largest absolute Gasteiger partial charge is 0.478 e. The predicted molar refractivity (Wildman–Crippen MR) is 157 cm³/mol. The lowest BCUT2D eigenvalue weighted by molar-refractivity contribution is 0.0697. The van der Waals surface area contributed by atoms with Gasteiger partial charge in [-0.1, -0.05) is 13.0 Å². The van der Waals surface area contributed by atoms with Crippen LogP contribution in [-0.2, 0) is 9.84 Å². The van der Waals surface area contributed by atoms with E-state index < -0.39 is 50.2 Å². The Morgan fingerprint density at radius 3 is 2.33 bits per heavy atom. The van der Waals surface area contributed by atoms with E-state index in [1.54, 1.807) is 56.3 Å². The lowest BCUT2D eigenvalue weighted by Gasteiger charge is -2.36. The number of rotatable bonds is 8. The molecule has 1 fully saturated rings. The van der Waals surface area contributed by atoms with Crippen molar-refractivity contribution in [1.29, 1.82) is 0 Å². The zero-order valence-electron chi connectivity index (χ0n) is 21.9. The fourth-order valence-corrected chi connectivity index (χ4v) is 6.58. The van der Waals surface area contributed by atoms with Crippen molar-refractivity contribution in [2.24, 2.45) is 0 Å². The molecule has 1 amide bonds. The first-order chi connectivity index (χ1) is 18.9. The van der Waals surface area contributed by atoms with Gasteiger partial charge < -0.3 is 20.2 Å². The first-order valence-electron chi connectivity index (χ1n) is 12.6. The number of anilines is 3. The van der Waals surface area contributed by atoms with Crippen LogP contribution in [0.4, 0.5) is 25.8 Å². The van der Waals surface area contributed by atoms with Gasteiger partial charge in [-0.3, -0.25) is 4.79 Å². The van der Waals surface area contributed by atoms with Gasteiger partial charge >= 0.3 is 5.97 Å². The summed E-state index contributed by atoms with van der Waals surface area (Å²) in [6, 6.07) is 12.6. The van der Waals surface area contributed by atoms with E-state index in [9.17, 15) is 23.1 Å². The Balaban J connectivity index is 1.55. The number of carbonyl (C=O) groups is 2. The number of aromatic carboxylic acids is 1. The van der Waals surface area contributed by atoms with Gasteiger partial charge in [0.2, 0.25) is 0 Å². The predicted octanol–water partition coefficient (Wildman–Crippen LogP) is 5.47. The van der Waals surface area contributed by atoms with Crippen LogP contribution >= 0.6 is 22.6 Å². The molecule has 3 aromatic rings. The van der Waals surface area contributed by atoms with E-state index in [1.807, 2.05) is 4.90 Å². The fourth-order valence-electron chi connectivity index (χ4n) is 4.57. The van der Waals surface area contributed by atoms with Crippen molar-refractivity contribution in [3.8, 4) is 0 Å². The molecule has 0 spiro atoms. The van der Waals surface area contributed by atoms with Crippen LogP contribution in [0.3, 0.4) is 0 Å². The third-order valence-electron chi connectivity index (χ3n) is 6.70. The Bertz CT molecular complexity index is 1570. The van der Waals surface area contributed by atoms with E-state index in [-0.39, 0.29) is 23.7 Å². The van der Waals surface area contributed by atoms with Gasteiger partial charge in [-0.25, -0.2) is 22.0 Å². The minimum absolute atomic E-state index is 0.0395. The Hall–Kier alpha value is -3.26. The van der Waals surface area contributed by atoms with Crippen LogP contribution in [0.1, 0.15) is 39.6 Å². The summed E-state index contributed by atoms with van der Waals surface area (Å²) in [6.45, 7) is 4.49. The molecule has 1 aliphatic heterocycles. The second-order valence-corrected chi connectivity index (χ2v) is 12.8. The van der Waals surface area contributed by atoms with Crippen LogP contribution in [0.5, 0.6) is 0 Å². The second kappa shape index (κ2) is 12.1. The molecule has 2 N–H and O–H groups in total. The molecular formula is C28H28F2IN3O5S. The quantitative estimate of drug-likeness (QED) is 0.304. The number of carboxylic acid groups (broad SMARTS) is 1. The number of carboxylic acids is 1. The highest BCUT2D eigenvalue weighted by atomic mass is 127. The molecule has 0 atom stereocenters. The van der Waals surface area contributed by atoms with Crippen LogP contribution in [0, 0.1) is 22.1 Å². The van der Waals surface area contributed by atoms with E-state index in [1.165, 1.54) is 4.90 Å². The number of halogens is 3. The number of aryl methyl sites for hydroxylation is 1. The van der Waals surface area contributed by atoms with Crippen LogP contribution < -0.4 is 10.2 Å². The molecule has 212 valence electrons. The van der Waals surface area contributed by atoms with Crippen molar-refractivity contribution in [3.05, 3.63) is 80.4 Å². The summed E-state index contributed by atoms with van der Waals surface area (Å²) >= 11 is 2.10. The molecule has 40 heavy (non-hydrogen) atoms. The molecule has 1 heterocycles. The van der Waals surface area contributed by atoms with Crippen molar-refractivity contribution >= 4 is 61.4 Å². The van der Waals surface area contributed by atoms with Crippen molar-refractivity contribution < 1.29 is 31.9 Å². The summed E-state index contributed by atoms with van der Waals surface area (Å²) in [7, 11) is -3.40. The van der Waals surface area contributed by atoms with Crippen LogP contribution in [-0.4, -0.2) is 62.2 Å². The number of carbonyl (C=O) groups excluding carboxylic acids is 1. The Morgan fingerprint density at radius 2 is 1.70 bits per heavy atom. The average Bonchev–Trinajstić information content (AvgIpc) is 2.92. The molecule has 1 saturated heterocycles. The zero-order valence-corrected chi connectivity index (χ0v) is 24.9. The molecular weight excluding hydrogens is 655 g/mol. The highest BCUT2D eigenvalue weighted by molar-refractivity contribution is 14.1. The van der Waals surface area contributed by atoms with Gasteiger partial charge in [0.25, 0.3) is 5.91 Å². The van der Waals surface area contributed by atoms with Gasteiger partial charge in [-0.2, -0.15) is 0 Å². The summed E-state index contributed by atoms with van der Waals surface area (Å²) < 4.78 is 56.3. The van der Waals surface area contributed by atoms with Crippen LogP contribution in [0.15, 0.2) is 53.4 Å². The molecule has 0 unspecified atom stereocenters. The fraction of sp³-hybridized carbons (Fsp3) is 0.286. The van der Waals surface area contributed by atoms with E-state index >= 15 is 8.78 Å². The van der Waals surface area contributed by atoms with Crippen molar-refractivity contribution in [2.75, 3.05) is 42.1 Å².